The van der Waals surface area contributed by atoms with Crippen molar-refractivity contribution >= 4 is 28.7 Å². The zero-order chi connectivity index (χ0) is 23.8. The van der Waals surface area contributed by atoms with Crippen molar-refractivity contribution in [3.8, 4) is 17.1 Å². The summed E-state index contributed by atoms with van der Waals surface area (Å²) in [6, 6.07) is 13.7. The maximum atomic E-state index is 12.2. The molecule has 33 heavy (non-hydrogen) atoms. The number of carboxylic acid groups (broad SMARTS) is 1. The number of hydrogen-bond donors (Lipinski definition) is 4. The van der Waals surface area contributed by atoms with E-state index in [1.54, 1.807) is 42.5 Å². The fourth-order valence-electron chi connectivity index (χ4n) is 3.15. The van der Waals surface area contributed by atoms with Crippen molar-refractivity contribution in [2.45, 2.75) is 18.9 Å². The summed E-state index contributed by atoms with van der Waals surface area (Å²) in [6.07, 6.45) is 0.445. The van der Waals surface area contributed by atoms with E-state index >= 15 is 0 Å². The van der Waals surface area contributed by atoms with Crippen LogP contribution in [-0.2, 0) is 9.59 Å². The molecule has 5 N–H and O–H groups in total. The molecule has 0 saturated heterocycles. The molecular formula is C23H23N3O7. The minimum atomic E-state index is -1.19. The van der Waals surface area contributed by atoms with Crippen molar-refractivity contribution in [3.63, 3.8) is 0 Å². The number of nitrogens with two attached hydrogens (primary N) is 1. The number of nitrogens with one attached hydrogen (secondary N) is 2. The number of ether oxygens (including phenoxy) is 1. The summed E-state index contributed by atoms with van der Waals surface area (Å²) in [6.45, 7) is -0.178. The van der Waals surface area contributed by atoms with Gasteiger partial charge in [0, 0.05) is 12.1 Å². The van der Waals surface area contributed by atoms with Crippen LogP contribution in [-0.4, -0.2) is 42.2 Å². The summed E-state index contributed by atoms with van der Waals surface area (Å²) in [7, 11) is 0. The number of carbonyl (C=O) groups is 3. The smallest absolute Gasteiger partial charge is 0.344 e. The number of primary amides is 1. The molecule has 1 aromatic heterocycles. The number of carbonyl (C=O) groups excluding carboxylic acids is 2. The molecule has 1 heterocycles. The van der Waals surface area contributed by atoms with Gasteiger partial charge in [-0.05, 0) is 54.6 Å². The highest BCUT2D eigenvalue weighted by atomic mass is 16.5. The van der Waals surface area contributed by atoms with Crippen LogP contribution in [0.25, 0.3) is 22.1 Å². The van der Waals surface area contributed by atoms with E-state index in [0.717, 1.165) is 5.39 Å². The molecule has 0 saturated carbocycles. The number of benzene rings is 2. The lowest BCUT2D eigenvalue weighted by atomic mass is 10.1. The maximum absolute atomic E-state index is 12.2. The second-order valence-corrected chi connectivity index (χ2v) is 7.19. The zero-order valence-corrected chi connectivity index (χ0v) is 17.6. The second kappa shape index (κ2) is 10.8. The molecule has 1 atom stereocenters. The Labute approximate surface area is 188 Å². The maximum Gasteiger partial charge on any atom is 0.344 e. The van der Waals surface area contributed by atoms with Gasteiger partial charge in [-0.2, -0.15) is 0 Å². The largest absolute Gasteiger partial charge is 0.484 e. The van der Waals surface area contributed by atoms with Crippen LogP contribution in [0, 0.1) is 0 Å². The highest BCUT2D eigenvalue weighted by molar-refractivity contribution is 5.85. The van der Waals surface area contributed by atoms with Gasteiger partial charge < -0.3 is 30.6 Å². The Morgan fingerprint density at radius 2 is 1.82 bits per heavy atom. The van der Waals surface area contributed by atoms with E-state index in [1.165, 1.54) is 0 Å². The number of rotatable bonds is 10. The second-order valence-electron chi connectivity index (χ2n) is 7.19. The van der Waals surface area contributed by atoms with Crippen LogP contribution in [0.1, 0.15) is 12.8 Å². The van der Waals surface area contributed by atoms with Gasteiger partial charge in [0.15, 0.2) is 6.61 Å². The highest BCUT2D eigenvalue weighted by Crippen LogP contribution is 2.24. The Hall–Kier alpha value is -4.34. The predicted molar refractivity (Wildman–Crippen MR) is 120 cm³/mol. The van der Waals surface area contributed by atoms with Crippen LogP contribution in [0.3, 0.4) is 0 Å². The third-order valence-corrected chi connectivity index (χ3v) is 4.78. The molecule has 0 fully saturated rings. The molecule has 2 aromatic carbocycles. The molecule has 3 aromatic rings. The molecule has 0 spiro atoms. The number of fused-ring (bicyclic) bond motifs is 1. The lowest BCUT2D eigenvalue weighted by Crippen LogP contribution is -2.43. The normalized spacial score (nSPS) is 11.5. The van der Waals surface area contributed by atoms with Gasteiger partial charge >= 0.3 is 17.6 Å². The summed E-state index contributed by atoms with van der Waals surface area (Å²) >= 11 is 0. The fraction of sp³-hybridized carbons (Fsp3) is 0.217. The molecular weight excluding hydrogens is 430 g/mol. The van der Waals surface area contributed by atoms with Crippen LogP contribution in [0.2, 0.25) is 0 Å². The van der Waals surface area contributed by atoms with Gasteiger partial charge in [0.25, 0.3) is 5.91 Å². The van der Waals surface area contributed by atoms with Crippen LogP contribution in [0.15, 0.2) is 63.8 Å². The molecule has 3 amide bonds. The minimum Gasteiger partial charge on any atom is -0.484 e. The van der Waals surface area contributed by atoms with E-state index in [0.29, 0.717) is 28.9 Å². The number of amides is 3. The van der Waals surface area contributed by atoms with Crippen molar-refractivity contribution < 1.29 is 28.6 Å². The molecule has 3 rings (SSSR count). The number of urea groups is 1. The van der Waals surface area contributed by atoms with Gasteiger partial charge in [-0.1, -0.05) is 18.2 Å². The Kier molecular flexibility index (Phi) is 7.64. The molecule has 0 radical (unpaired) electrons. The first-order valence-corrected chi connectivity index (χ1v) is 10.1. The third kappa shape index (κ3) is 6.57. The SMILES string of the molecule is NC(=O)NCCC[C@@H](NC(=O)COc1ccc(-c2cc3ccccc3c(=O)o2)cc1)C(=O)O. The number of aliphatic carboxylic acids is 1. The summed E-state index contributed by atoms with van der Waals surface area (Å²) < 4.78 is 10.8. The zero-order valence-electron chi connectivity index (χ0n) is 17.6. The lowest BCUT2D eigenvalue weighted by molar-refractivity contribution is -0.142. The Morgan fingerprint density at radius 1 is 1.09 bits per heavy atom. The van der Waals surface area contributed by atoms with Crippen molar-refractivity contribution in [3.05, 3.63) is 65.0 Å². The number of carboxylic acids is 1. The van der Waals surface area contributed by atoms with Gasteiger partial charge in [-0.3, -0.25) is 4.79 Å². The third-order valence-electron chi connectivity index (χ3n) is 4.78. The Bertz CT molecular complexity index is 1200. The molecule has 10 nitrogen and oxygen atoms in total. The Morgan fingerprint density at radius 3 is 2.52 bits per heavy atom. The van der Waals surface area contributed by atoms with Crippen LogP contribution >= 0.6 is 0 Å². The predicted octanol–water partition coefficient (Wildman–Crippen LogP) is 1.86. The van der Waals surface area contributed by atoms with Gasteiger partial charge in [-0.25, -0.2) is 14.4 Å². The summed E-state index contributed by atoms with van der Waals surface area (Å²) in [5.41, 5.74) is 5.17. The average Bonchev–Trinajstić information content (AvgIpc) is 2.79. The number of hydrogen-bond acceptors (Lipinski definition) is 6. The van der Waals surface area contributed by atoms with E-state index in [4.69, 9.17) is 14.9 Å². The first-order chi connectivity index (χ1) is 15.8. The lowest BCUT2D eigenvalue weighted by Gasteiger charge is -2.15. The summed E-state index contributed by atoms with van der Waals surface area (Å²) in [5, 5.41) is 15.2. The topological polar surface area (TPSA) is 161 Å². The molecule has 0 aliphatic carbocycles. The summed E-state index contributed by atoms with van der Waals surface area (Å²) in [4.78, 5) is 46.2. The van der Waals surface area contributed by atoms with Crippen molar-refractivity contribution in [1.82, 2.24) is 10.6 Å². The van der Waals surface area contributed by atoms with Crippen LogP contribution < -0.4 is 26.7 Å². The minimum absolute atomic E-state index is 0.118. The fourth-order valence-corrected chi connectivity index (χ4v) is 3.15. The molecule has 172 valence electrons. The van der Waals surface area contributed by atoms with Crippen molar-refractivity contribution in [2.24, 2.45) is 5.73 Å². The quantitative estimate of drug-likeness (QED) is 0.341. The summed E-state index contributed by atoms with van der Waals surface area (Å²) in [5.74, 6) is -1.01. The van der Waals surface area contributed by atoms with Crippen LogP contribution in [0.5, 0.6) is 5.75 Å². The standard InChI is InChI=1S/C23H23N3O7/c24-23(31)25-11-3-6-18(21(28)29)26-20(27)13-32-16-9-7-14(8-10-16)19-12-15-4-1-2-5-17(15)22(30)33-19/h1-2,4-5,7-10,12,18H,3,6,11,13H2,(H,26,27)(H,28,29)(H3,24,25,31)/t18-/m1/s1. The van der Waals surface area contributed by atoms with E-state index in [1.807, 2.05) is 12.1 Å². The monoisotopic (exact) mass is 453 g/mol. The van der Waals surface area contributed by atoms with E-state index in [2.05, 4.69) is 10.6 Å². The Balaban J connectivity index is 1.55. The van der Waals surface area contributed by atoms with Crippen molar-refractivity contribution in [1.29, 1.82) is 0 Å². The van der Waals surface area contributed by atoms with Crippen LogP contribution in [0.4, 0.5) is 4.79 Å². The average molecular weight is 453 g/mol. The molecule has 0 bridgehead atoms. The van der Waals surface area contributed by atoms with Gasteiger partial charge in [0.1, 0.15) is 17.6 Å². The van der Waals surface area contributed by atoms with E-state index in [-0.39, 0.29) is 19.6 Å². The molecule has 0 aliphatic heterocycles. The first kappa shape index (κ1) is 23.3. The molecule has 10 heteroatoms. The van der Waals surface area contributed by atoms with Gasteiger partial charge in [0.2, 0.25) is 0 Å². The molecule has 0 unspecified atom stereocenters. The highest BCUT2D eigenvalue weighted by Gasteiger charge is 2.19. The van der Waals surface area contributed by atoms with Crippen molar-refractivity contribution in [2.75, 3.05) is 13.2 Å². The van der Waals surface area contributed by atoms with Gasteiger partial charge in [0.05, 0.1) is 5.39 Å². The molecule has 0 aliphatic rings. The van der Waals surface area contributed by atoms with E-state index in [9.17, 15) is 24.3 Å². The first-order valence-electron chi connectivity index (χ1n) is 10.1. The van der Waals surface area contributed by atoms with Gasteiger partial charge in [-0.15, -0.1) is 0 Å². The van der Waals surface area contributed by atoms with E-state index < -0.39 is 29.6 Å².